The van der Waals surface area contributed by atoms with Crippen molar-refractivity contribution in [3.8, 4) is 0 Å². The smallest absolute Gasteiger partial charge is 0.269 e. The molecule has 1 unspecified atom stereocenters. The lowest BCUT2D eigenvalue weighted by molar-refractivity contribution is -0.384. The van der Waals surface area contributed by atoms with Crippen LogP contribution in [0.4, 0.5) is 5.69 Å². The Kier molecular flexibility index (Phi) is 6.81. The van der Waals surface area contributed by atoms with Crippen molar-refractivity contribution in [1.82, 2.24) is 5.32 Å². The third-order valence-corrected chi connectivity index (χ3v) is 3.23. The first kappa shape index (κ1) is 17.1. The van der Waals surface area contributed by atoms with Crippen LogP contribution in [0.25, 0.3) is 0 Å². The van der Waals surface area contributed by atoms with E-state index < -0.39 is 4.92 Å². The van der Waals surface area contributed by atoms with Crippen molar-refractivity contribution in [2.45, 2.75) is 26.7 Å². The molecule has 1 amide bonds. The molecule has 0 aliphatic rings. The van der Waals surface area contributed by atoms with E-state index in [4.69, 9.17) is 5.11 Å². The van der Waals surface area contributed by atoms with Gasteiger partial charge in [-0.2, -0.15) is 0 Å². The molecule has 0 fully saturated rings. The first-order chi connectivity index (χ1) is 9.93. The van der Waals surface area contributed by atoms with E-state index in [-0.39, 0.29) is 24.1 Å². The first-order valence-electron chi connectivity index (χ1n) is 7.07. The molecule has 6 heteroatoms. The van der Waals surface area contributed by atoms with Gasteiger partial charge in [0.25, 0.3) is 11.6 Å². The summed E-state index contributed by atoms with van der Waals surface area (Å²) in [5.74, 6) is 0.478. The van der Waals surface area contributed by atoms with Gasteiger partial charge in [0.2, 0.25) is 0 Å². The van der Waals surface area contributed by atoms with Crippen LogP contribution < -0.4 is 5.32 Å². The Balaban J connectivity index is 2.57. The summed E-state index contributed by atoms with van der Waals surface area (Å²) in [6.07, 6.45) is 1.58. The molecular formula is C15H22N2O4. The summed E-state index contributed by atoms with van der Waals surface area (Å²) >= 11 is 0. The molecule has 0 saturated carbocycles. The van der Waals surface area contributed by atoms with Crippen molar-refractivity contribution in [2.24, 2.45) is 11.8 Å². The van der Waals surface area contributed by atoms with E-state index in [2.05, 4.69) is 19.2 Å². The fraction of sp³-hybridized carbons (Fsp3) is 0.533. The summed E-state index contributed by atoms with van der Waals surface area (Å²) < 4.78 is 0. The highest BCUT2D eigenvalue weighted by Gasteiger charge is 2.14. The highest BCUT2D eigenvalue weighted by molar-refractivity contribution is 5.94. The highest BCUT2D eigenvalue weighted by Crippen LogP contribution is 2.15. The number of nitrogens with zero attached hydrogens (tertiary/aromatic N) is 1. The number of amides is 1. The van der Waals surface area contributed by atoms with Crippen LogP contribution >= 0.6 is 0 Å². The second kappa shape index (κ2) is 8.36. The second-order valence-corrected chi connectivity index (χ2v) is 5.52. The minimum absolute atomic E-state index is 0.0375. The molecule has 0 saturated heterocycles. The maximum absolute atomic E-state index is 12.0. The Hall–Kier alpha value is -1.95. The van der Waals surface area contributed by atoms with Gasteiger partial charge in [-0.05, 0) is 36.8 Å². The summed E-state index contributed by atoms with van der Waals surface area (Å²) in [5.41, 5.74) is 0.359. The van der Waals surface area contributed by atoms with Gasteiger partial charge in [-0.3, -0.25) is 14.9 Å². The van der Waals surface area contributed by atoms with Crippen molar-refractivity contribution in [2.75, 3.05) is 13.2 Å². The zero-order valence-electron chi connectivity index (χ0n) is 12.4. The standard InChI is InChI=1S/C15H22N2O4/c1-11(2)9-12(7-8-18)10-16-15(19)13-3-5-14(6-4-13)17(20)21/h3-6,11-12,18H,7-10H2,1-2H3,(H,16,19). The monoisotopic (exact) mass is 294 g/mol. The number of carbonyl (C=O) groups excluding carboxylic acids is 1. The van der Waals surface area contributed by atoms with Crippen LogP contribution in [0, 0.1) is 22.0 Å². The molecule has 0 aliphatic heterocycles. The lowest BCUT2D eigenvalue weighted by Crippen LogP contribution is -2.30. The fourth-order valence-corrected chi connectivity index (χ4v) is 2.23. The number of nitro benzene ring substituents is 1. The molecule has 1 aromatic carbocycles. The lowest BCUT2D eigenvalue weighted by atomic mass is 9.94. The molecular weight excluding hydrogens is 272 g/mol. The van der Waals surface area contributed by atoms with Gasteiger partial charge in [-0.25, -0.2) is 0 Å². The molecule has 0 aromatic heterocycles. The molecule has 1 rings (SSSR count). The number of hydrogen-bond acceptors (Lipinski definition) is 4. The van der Waals surface area contributed by atoms with E-state index in [1.807, 2.05) is 0 Å². The summed E-state index contributed by atoms with van der Waals surface area (Å²) in [4.78, 5) is 22.0. The van der Waals surface area contributed by atoms with Crippen LogP contribution in [-0.2, 0) is 0 Å². The number of rotatable bonds is 8. The zero-order chi connectivity index (χ0) is 15.8. The molecule has 0 radical (unpaired) electrons. The first-order valence-corrected chi connectivity index (χ1v) is 7.07. The Morgan fingerprint density at radius 1 is 1.33 bits per heavy atom. The number of nitrogens with one attached hydrogen (secondary N) is 1. The number of aliphatic hydroxyl groups excluding tert-OH is 1. The largest absolute Gasteiger partial charge is 0.396 e. The van der Waals surface area contributed by atoms with Gasteiger partial charge >= 0.3 is 0 Å². The SMILES string of the molecule is CC(C)CC(CCO)CNC(=O)c1ccc([N+](=O)[O-])cc1. The van der Waals surface area contributed by atoms with E-state index in [0.717, 1.165) is 6.42 Å². The highest BCUT2D eigenvalue weighted by atomic mass is 16.6. The maximum atomic E-state index is 12.0. The van der Waals surface area contributed by atoms with Crippen molar-refractivity contribution >= 4 is 11.6 Å². The second-order valence-electron chi connectivity index (χ2n) is 5.52. The average Bonchev–Trinajstić information content (AvgIpc) is 2.44. The van der Waals surface area contributed by atoms with Gasteiger partial charge < -0.3 is 10.4 Å². The van der Waals surface area contributed by atoms with Gasteiger partial charge in [0, 0.05) is 30.8 Å². The normalized spacial score (nSPS) is 12.2. The van der Waals surface area contributed by atoms with Gasteiger partial charge in [0.1, 0.15) is 0 Å². The predicted octanol–water partition coefficient (Wildman–Crippen LogP) is 2.37. The van der Waals surface area contributed by atoms with Crippen molar-refractivity contribution < 1.29 is 14.8 Å². The van der Waals surface area contributed by atoms with Crippen molar-refractivity contribution in [3.63, 3.8) is 0 Å². The number of carbonyl (C=O) groups is 1. The predicted molar refractivity (Wildman–Crippen MR) is 80.1 cm³/mol. The third kappa shape index (κ3) is 5.91. The van der Waals surface area contributed by atoms with Gasteiger partial charge in [-0.15, -0.1) is 0 Å². The van der Waals surface area contributed by atoms with Crippen LogP contribution in [0.5, 0.6) is 0 Å². The molecule has 0 aliphatic carbocycles. The van der Waals surface area contributed by atoms with E-state index in [0.29, 0.717) is 24.4 Å². The van der Waals surface area contributed by atoms with Crippen molar-refractivity contribution in [1.29, 1.82) is 0 Å². The lowest BCUT2D eigenvalue weighted by Gasteiger charge is -2.18. The fourth-order valence-electron chi connectivity index (χ4n) is 2.23. The topological polar surface area (TPSA) is 92.5 Å². The molecule has 1 aromatic rings. The van der Waals surface area contributed by atoms with Crippen molar-refractivity contribution in [3.05, 3.63) is 39.9 Å². The summed E-state index contributed by atoms with van der Waals surface area (Å²) in [6, 6.07) is 5.51. The number of hydrogen-bond donors (Lipinski definition) is 2. The van der Waals surface area contributed by atoms with Gasteiger partial charge in [0.15, 0.2) is 0 Å². The molecule has 0 heterocycles. The Labute approximate surface area is 124 Å². The molecule has 0 bridgehead atoms. The molecule has 1 atom stereocenters. The average molecular weight is 294 g/mol. The van der Waals surface area contributed by atoms with Gasteiger partial charge in [-0.1, -0.05) is 13.8 Å². The molecule has 6 nitrogen and oxygen atoms in total. The Morgan fingerprint density at radius 3 is 2.43 bits per heavy atom. The quantitative estimate of drug-likeness (QED) is 0.568. The summed E-state index contributed by atoms with van der Waals surface area (Å²) in [7, 11) is 0. The van der Waals surface area contributed by atoms with Gasteiger partial charge in [0.05, 0.1) is 4.92 Å². The maximum Gasteiger partial charge on any atom is 0.269 e. The molecule has 0 spiro atoms. The number of aliphatic hydroxyl groups is 1. The third-order valence-electron chi connectivity index (χ3n) is 3.23. The van der Waals surface area contributed by atoms with Crippen LogP contribution in [0.2, 0.25) is 0 Å². The Morgan fingerprint density at radius 2 is 1.95 bits per heavy atom. The minimum Gasteiger partial charge on any atom is -0.396 e. The van der Waals surface area contributed by atoms with Crippen LogP contribution in [0.1, 0.15) is 37.0 Å². The zero-order valence-corrected chi connectivity index (χ0v) is 12.4. The molecule has 116 valence electrons. The number of benzene rings is 1. The molecule has 2 N–H and O–H groups in total. The Bertz CT molecular complexity index is 471. The summed E-state index contributed by atoms with van der Waals surface area (Å²) in [5, 5.41) is 22.4. The van der Waals surface area contributed by atoms with Crippen LogP contribution in [0.15, 0.2) is 24.3 Å². The summed E-state index contributed by atoms with van der Waals surface area (Å²) in [6.45, 7) is 4.80. The van der Waals surface area contributed by atoms with Crippen LogP contribution in [0.3, 0.4) is 0 Å². The number of non-ortho nitro benzene ring substituents is 1. The van der Waals surface area contributed by atoms with E-state index in [9.17, 15) is 14.9 Å². The van der Waals surface area contributed by atoms with E-state index in [1.165, 1.54) is 24.3 Å². The van der Waals surface area contributed by atoms with E-state index in [1.54, 1.807) is 0 Å². The van der Waals surface area contributed by atoms with Crippen LogP contribution in [-0.4, -0.2) is 29.1 Å². The van der Waals surface area contributed by atoms with E-state index >= 15 is 0 Å². The molecule has 21 heavy (non-hydrogen) atoms. The number of nitro groups is 1. The minimum atomic E-state index is -0.498.